The summed E-state index contributed by atoms with van der Waals surface area (Å²) >= 11 is 0. The lowest BCUT2D eigenvalue weighted by molar-refractivity contribution is 0.0359. The third kappa shape index (κ3) is 7.42. The molecule has 8 rings (SSSR count). The van der Waals surface area contributed by atoms with Crippen molar-refractivity contribution >= 4 is 21.8 Å². The van der Waals surface area contributed by atoms with E-state index in [2.05, 4.69) is 42.5 Å². The molecule has 6 heterocycles. The van der Waals surface area contributed by atoms with Crippen LogP contribution >= 0.6 is 0 Å². The smallest absolute Gasteiger partial charge is 0.162 e. The number of rotatable bonds is 10. The van der Waals surface area contributed by atoms with Crippen molar-refractivity contribution < 1.29 is 28.4 Å². The van der Waals surface area contributed by atoms with Gasteiger partial charge < -0.3 is 49.0 Å². The Balaban J connectivity index is 0.000000157. The number of hydrogen-bond acceptors (Lipinski definition) is 10. The average molecular weight is 691 g/mol. The SMILES string of the molecule is COc1cc2[nH]c3c(c2cc1OC)CCN[C@@H]3CCN1CCOCC1.COc1cc2[nH]c3c(c2cc1OC)CCN[C@H]3CCN1CCOCC1. The van der Waals surface area contributed by atoms with Gasteiger partial charge in [0.15, 0.2) is 23.0 Å². The molecule has 12 nitrogen and oxygen atoms in total. The van der Waals surface area contributed by atoms with Gasteiger partial charge in [-0.2, -0.15) is 0 Å². The van der Waals surface area contributed by atoms with Crippen molar-refractivity contribution in [3.05, 3.63) is 46.8 Å². The van der Waals surface area contributed by atoms with E-state index in [1.165, 1.54) is 33.3 Å². The second-order valence-corrected chi connectivity index (χ2v) is 13.5. The van der Waals surface area contributed by atoms with Crippen molar-refractivity contribution in [1.29, 1.82) is 0 Å². The summed E-state index contributed by atoms with van der Waals surface area (Å²) in [6.07, 6.45) is 4.29. The zero-order valence-corrected chi connectivity index (χ0v) is 30.1. The van der Waals surface area contributed by atoms with Crippen LogP contribution in [0.2, 0.25) is 0 Å². The molecule has 2 aromatic heterocycles. The molecule has 2 atom stereocenters. The van der Waals surface area contributed by atoms with E-state index in [0.29, 0.717) is 12.1 Å². The number of aromatic amines is 2. The number of nitrogens with one attached hydrogen (secondary N) is 4. The van der Waals surface area contributed by atoms with E-state index in [9.17, 15) is 0 Å². The summed E-state index contributed by atoms with van der Waals surface area (Å²) in [7, 11) is 6.74. The third-order valence-corrected chi connectivity index (χ3v) is 10.8. The fraction of sp³-hybridized carbons (Fsp3) is 0.579. The monoisotopic (exact) mass is 690 g/mol. The van der Waals surface area contributed by atoms with Gasteiger partial charge in [0.2, 0.25) is 0 Å². The highest BCUT2D eigenvalue weighted by Gasteiger charge is 2.27. The van der Waals surface area contributed by atoms with Gasteiger partial charge in [-0.1, -0.05) is 0 Å². The number of H-pyrrole nitrogens is 2. The molecule has 0 radical (unpaired) electrons. The van der Waals surface area contributed by atoms with Gasteiger partial charge in [-0.3, -0.25) is 9.80 Å². The molecule has 2 saturated heterocycles. The summed E-state index contributed by atoms with van der Waals surface area (Å²) in [5.41, 5.74) is 7.74. The summed E-state index contributed by atoms with van der Waals surface area (Å²) in [5.74, 6) is 3.12. The van der Waals surface area contributed by atoms with E-state index in [4.69, 9.17) is 28.4 Å². The molecule has 4 N–H and O–H groups in total. The van der Waals surface area contributed by atoms with Gasteiger partial charge in [-0.15, -0.1) is 0 Å². The van der Waals surface area contributed by atoms with Gasteiger partial charge in [0, 0.05) is 96.7 Å². The maximum atomic E-state index is 5.49. The predicted octanol–water partition coefficient (Wildman–Crippen LogP) is 4.19. The van der Waals surface area contributed by atoms with Gasteiger partial charge in [-0.05, 0) is 62.0 Å². The molecule has 0 spiro atoms. The summed E-state index contributed by atoms with van der Waals surface area (Å²) in [6.45, 7) is 11.8. The second kappa shape index (κ2) is 16.2. The van der Waals surface area contributed by atoms with Gasteiger partial charge in [0.25, 0.3) is 0 Å². The van der Waals surface area contributed by atoms with Crippen molar-refractivity contribution in [2.45, 2.75) is 37.8 Å². The average Bonchev–Trinajstić information content (AvgIpc) is 3.74. The van der Waals surface area contributed by atoms with Crippen LogP contribution in [0.4, 0.5) is 0 Å². The molecular formula is C38H54N6O6. The van der Waals surface area contributed by atoms with Gasteiger partial charge >= 0.3 is 0 Å². The molecular weight excluding hydrogens is 636 g/mol. The lowest BCUT2D eigenvalue weighted by Crippen LogP contribution is -2.39. The Kier molecular flexibility index (Phi) is 11.3. The van der Waals surface area contributed by atoms with Crippen molar-refractivity contribution in [2.75, 3.05) is 107 Å². The lowest BCUT2D eigenvalue weighted by Gasteiger charge is -2.30. The number of fused-ring (bicyclic) bond motifs is 6. The van der Waals surface area contributed by atoms with Crippen LogP contribution in [0.5, 0.6) is 23.0 Å². The molecule has 4 aliphatic heterocycles. The predicted molar refractivity (Wildman–Crippen MR) is 195 cm³/mol. The Morgan fingerprint density at radius 3 is 1.34 bits per heavy atom. The number of nitrogens with zero attached hydrogens (tertiary/aromatic N) is 2. The zero-order valence-electron chi connectivity index (χ0n) is 30.1. The zero-order chi connectivity index (χ0) is 34.5. The molecule has 2 fully saturated rings. The molecule has 0 aliphatic carbocycles. The van der Waals surface area contributed by atoms with E-state index in [1.807, 2.05) is 12.1 Å². The third-order valence-electron chi connectivity index (χ3n) is 10.8. The van der Waals surface area contributed by atoms with Crippen LogP contribution in [0.15, 0.2) is 24.3 Å². The molecule has 4 aliphatic rings. The summed E-state index contributed by atoms with van der Waals surface area (Å²) in [5, 5.41) is 9.87. The first kappa shape index (κ1) is 34.9. The fourth-order valence-corrected chi connectivity index (χ4v) is 8.04. The van der Waals surface area contributed by atoms with Crippen LogP contribution in [0.1, 0.15) is 47.4 Å². The van der Waals surface area contributed by atoms with Crippen LogP contribution in [0.25, 0.3) is 21.8 Å². The summed E-state index contributed by atoms with van der Waals surface area (Å²) in [6, 6.07) is 9.05. The quantitative estimate of drug-likeness (QED) is 0.193. The van der Waals surface area contributed by atoms with Crippen molar-refractivity contribution in [3.8, 4) is 23.0 Å². The highest BCUT2D eigenvalue weighted by atomic mass is 16.5. The number of methoxy groups -OCH3 is 4. The maximum Gasteiger partial charge on any atom is 0.162 e. The molecule has 50 heavy (non-hydrogen) atoms. The number of hydrogen-bond donors (Lipinski definition) is 4. The minimum atomic E-state index is 0.371. The highest BCUT2D eigenvalue weighted by Crippen LogP contribution is 2.39. The van der Waals surface area contributed by atoms with E-state index < -0.39 is 0 Å². The molecule has 0 bridgehead atoms. The fourth-order valence-electron chi connectivity index (χ4n) is 8.04. The van der Waals surface area contributed by atoms with Gasteiger partial charge in [-0.25, -0.2) is 0 Å². The van der Waals surface area contributed by atoms with Crippen LogP contribution in [0.3, 0.4) is 0 Å². The summed E-state index contributed by atoms with van der Waals surface area (Å²) < 4.78 is 32.8. The van der Waals surface area contributed by atoms with Crippen molar-refractivity contribution in [2.24, 2.45) is 0 Å². The molecule has 0 unspecified atom stereocenters. The highest BCUT2D eigenvalue weighted by molar-refractivity contribution is 5.89. The number of morpholine rings is 2. The van der Waals surface area contributed by atoms with Crippen LogP contribution in [0, 0.1) is 0 Å². The molecule has 0 amide bonds. The standard InChI is InChI=1S/2C19H27N3O3/c2*1-23-17-11-14-13-3-5-20-15(4-6-22-7-9-25-10-8-22)19(13)21-16(14)12-18(17)24-2/h2*11-12,15,20-21H,3-10H2,1-2H3/t2*15-/m10/s1. The first-order chi connectivity index (χ1) is 24.6. The Morgan fingerprint density at radius 1 is 0.580 bits per heavy atom. The number of ether oxygens (including phenoxy) is 6. The second-order valence-electron chi connectivity index (χ2n) is 13.5. The normalized spacial score (nSPS) is 21.3. The van der Waals surface area contributed by atoms with Crippen molar-refractivity contribution in [3.63, 3.8) is 0 Å². The first-order valence-electron chi connectivity index (χ1n) is 18.2. The lowest BCUT2D eigenvalue weighted by atomic mass is 9.97. The largest absolute Gasteiger partial charge is 0.493 e. The Labute approximate surface area is 295 Å². The van der Waals surface area contributed by atoms with Gasteiger partial charge in [0.1, 0.15) is 0 Å². The molecule has 4 aromatic rings. The van der Waals surface area contributed by atoms with Crippen LogP contribution in [-0.4, -0.2) is 127 Å². The number of benzene rings is 2. The maximum absolute atomic E-state index is 5.49. The van der Waals surface area contributed by atoms with Crippen LogP contribution < -0.4 is 29.6 Å². The molecule has 272 valence electrons. The van der Waals surface area contributed by atoms with E-state index in [-0.39, 0.29) is 0 Å². The van der Waals surface area contributed by atoms with Crippen molar-refractivity contribution in [1.82, 2.24) is 30.4 Å². The number of aromatic nitrogens is 2. The van der Waals surface area contributed by atoms with E-state index in [0.717, 1.165) is 139 Å². The minimum absolute atomic E-state index is 0.371. The van der Waals surface area contributed by atoms with Gasteiger partial charge in [0.05, 0.1) is 54.9 Å². The molecule has 0 saturated carbocycles. The topological polar surface area (TPSA) is 118 Å². The van der Waals surface area contributed by atoms with E-state index in [1.54, 1.807) is 28.4 Å². The van der Waals surface area contributed by atoms with E-state index >= 15 is 0 Å². The molecule has 12 heteroatoms. The Bertz CT molecular complexity index is 1600. The molecule has 2 aromatic carbocycles. The Morgan fingerprint density at radius 2 is 0.960 bits per heavy atom. The minimum Gasteiger partial charge on any atom is -0.493 e. The Hall–Kier alpha value is -3.52. The summed E-state index contributed by atoms with van der Waals surface area (Å²) in [4.78, 5) is 12.3. The first-order valence-corrected chi connectivity index (χ1v) is 18.2. The van der Waals surface area contributed by atoms with Crippen LogP contribution in [-0.2, 0) is 22.3 Å².